The average Bonchev–Trinajstić information content (AvgIpc) is 3.02. The third kappa shape index (κ3) is 5.81. The summed E-state index contributed by atoms with van der Waals surface area (Å²) < 4.78 is 18.7. The molecule has 1 aliphatic rings. The largest absolute Gasteiger partial charge is 0.490 e. The Hall–Kier alpha value is -1.86. The van der Waals surface area contributed by atoms with Crippen LogP contribution in [0.25, 0.3) is 10.2 Å². The number of carbonyl (C=O) groups excluding carboxylic acids is 1. The lowest BCUT2D eigenvalue weighted by Crippen LogP contribution is -2.36. The van der Waals surface area contributed by atoms with Gasteiger partial charge in [0.15, 0.2) is 0 Å². The third-order valence-electron chi connectivity index (χ3n) is 4.56. The van der Waals surface area contributed by atoms with Crippen LogP contribution in [-0.2, 0) is 9.53 Å². The second kappa shape index (κ2) is 9.37. The number of hydrogen-bond acceptors (Lipinski definition) is 6. The molecule has 0 bridgehead atoms. The number of aromatic nitrogens is 1. The summed E-state index contributed by atoms with van der Waals surface area (Å²) in [5.41, 5.74) is 0.946. The molecule has 1 saturated carbocycles. The standard InChI is InChI=1S/C20H28N2O4S/c1-4-24-20-22-18-10-9-17(11-19(18)27-20)26-16-7-5-15(6-8-16)25-12-13(2)21-14(3)23/h9-11,13,15-16H,4-8,12H2,1-3H3,(H,21,23)/t13-,15?,16?/m0/s1. The minimum atomic E-state index is -0.0190. The highest BCUT2D eigenvalue weighted by molar-refractivity contribution is 7.20. The Balaban J connectivity index is 1.46. The van der Waals surface area contributed by atoms with Gasteiger partial charge >= 0.3 is 0 Å². The fraction of sp³-hybridized carbons (Fsp3) is 0.600. The Morgan fingerprint density at radius 3 is 2.74 bits per heavy atom. The number of ether oxygens (including phenoxy) is 3. The third-order valence-corrected chi connectivity index (χ3v) is 5.49. The molecule has 3 rings (SSSR count). The molecule has 1 aromatic carbocycles. The van der Waals surface area contributed by atoms with Gasteiger partial charge in [0.05, 0.1) is 35.6 Å². The van der Waals surface area contributed by atoms with Crippen LogP contribution in [0, 0.1) is 0 Å². The van der Waals surface area contributed by atoms with Gasteiger partial charge in [-0.25, -0.2) is 4.98 Å². The fourth-order valence-corrected chi connectivity index (χ4v) is 4.22. The van der Waals surface area contributed by atoms with Gasteiger partial charge in [0.1, 0.15) is 5.75 Å². The maximum absolute atomic E-state index is 11.0. The van der Waals surface area contributed by atoms with E-state index in [9.17, 15) is 4.79 Å². The van der Waals surface area contributed by atoms with E-state index in [1.54, 1.807) is 11.3 Å². The zero-order valence-corrected chi connectivity index (χ0v) is 17.0. The quantitative estimate of drug-likeness (QED) is 0.737. The predicted octanol–water partition coefficient (Wildman–Crippen LogP) is 3.93. The van der Waals surface area contributed by atoms with Crippen molar-refractivity contribution < 1.29 is 19.0 Å². The Morgan fingerprint density at radius 1 is 1.30 bits per heavy atom. The summed E-state index contributed by atoms with van der Waals surface area (Å²) in [5.74, 6) is 0.868. The van der Waals surface area contributed by atoms with Crippen LogP contribution in [0.15, 0.2) is 18.2 Å². The maximum atomic E-state index is 11.0. The van der Waals surface area contributed by atoms with Crippen LogP contribution in [0.1, 0.15) is 46.5 Å². The van der Waals surface area contributed by atoms with Crippen molar-refractivity contribution in [2.45, 2.75) is 64.7 Å². The van der Waals surface area contributed by atoms with Crippen LogP contribution in [0.4, 0.5) is 0 Å². The number of fused-ring (bicyclic) bond motifs is 1. The average molecular weight is 393 g/mol. The molecular formula is C20H28N2O4S. The van der Waals surface area contributed by atoms with Crippen LogP contribution in [0.5, 0.6) is 10.9 Å². The van der Waals surface area contributed by atoms with Crippen molar-refractivity contribution >= 4 is 27.5 Å². The molecule has 0 saturated heterocycles. The molecule has 1 aliphatic carbocycles. The molecule has 2 aromatic rings. The Labute approximate surface area is 164 Å². The van der Waals surface area contributed by atoms with Gasteiger partial charge in [0, 0.05) is 13.0 Å². The van der Waals surface area contributed by atoms with Gasteiger partial charge in [-0.1, -0.05) is 11.3 Å². The lowest BCUT2D eigenvalue weighted by atomic mass is 9.95. The van der Waals surface area contributed by atoms with E-state index >= 15 is 0 Å². The molecule has 1 fully saturated rings. The van der Waals surface area contributed by atoms with Crippen molar-refractivity contribution in [3.8, 4) is 10.9 Å². The first kappa shape index (κ1) is 19.9. The summed E-state index contributed by atoms with van der Waals surface area (Å²) >= 11 is 1.55. The van der Waals surface area contributed by atoms with E-state index in [1.807, 2.05) is 32.0 Å². The van der Waals surface area contributed by atoms with Gasteiger partial charge in [-0.2, -0.15) is 0 Å². The molecule has 0 radical (unpaired) electrons. The van der Waals surface area contributed by atoms with Crippen LogP contribution in [0.2, 0.25) is 0 Å². The van der Waals surface area contributed by atoms with E-state index in [1.165, 1.54) is 6.92 Å². The topological polar surface area (TPSA) is 69.7 Å². The number of nitrogens with zero attached hydrogens (tertiary/aromatic N) is 1. The summed E-state index contributed by atoms with van der Waals surface area (Å²) in [6.45, 7) is 6.63. The van der Waals surface area contributed by atoms with Crippen LogP contribution >= 0.6 is 11.3 Å². The van der Waals surface area contributed by atoms with Gasteiger partial charge < -0.3 is 19.5 Å². The Morgan fingerprint density at radius 2 is 2.04 bits per heavy atom. The van der Waals surface area contributed by atoms with Crippen LogP contribution in [0.3, 0.4) is 0 Å². The van der Waals surface area contributed by atoms with E-state index < -0.39 is 0 Å². The number of nitrogens with one attached hydrogen (secondary N) is 1. The van der Waals surface area contributed by atoms with E-state index in [0.29, 0.717) is 18.4 Å². The summed E-state index contributed by atoms with van der Waals surface area (Å²) in [6, 6.07) is 6.06. The maximum Gasteiger partial charge on any atom is 0.274 e. The van der Waals surface area contributed by atoms with Gasteiger partial charge in [-0.15, -0.1) is 0 Å². The fourth-order valence-electron chi connectivity index (χ4n) is 3.32. The summed E-state index contributed by atoms with van der Waals surface area (Å²) in [7, 11) is 0. The van der Waals surface area contributed by atoms with E-state index in [-0.39, 0.29) is 24.2 Å². The van der Waals surface area contributed by atoms with E-state index in [2.05, 4.69) is 10.3 Å². The number of rotatable bonds is 8. The Bertz CT molecular complexity index is 756. The van der Waals surface area contributed by atoms with Gasteiger partial charge in [0.2, 0.25) is 5.91 Å². The number of amides is 1. The molecule has 0 aliphatic heterocycles. The molecule has 0 spiro atoms. The Kier molecular flexibility index (Phi) is 6.90. The molecule has 148 valence electrons. The number of thiazole rings is 1. The van der Waals surface area contributed by atoms with Crippen molar-refractivity contribution in [1.82, 2.24) is 10.3 Å². The van der Waals surface area contributed by atoms with Gasteiger partial charge in [0.25, 0.3) is 5.19 Å². The van der Waals surface area contributed by atoms with Gasteiger partial charge in [-0.05, 0) is 57.7 Å². The molecular weight excluding hydrogens is 364 g/mol. The zero-order chi connectivity index (χ0) is 19.2. The minimum Gasteiger partial charge on any atom is -0.490 e. The van der Waals surface area contributed by atoms with Crippen LogP contribution < -0.4 is 14.8 Å². The van der Waals surface area contributed by atoms with Crippen molar-refractivity contribution in [2.75, 3.05) is 13.2 Å². The minimum absolute atomic E-state index is 0.0190. The molecule has 6 nitrogen and oxygen atoms in total. The van der Waals surface area contributed by atoms with Crippen molar-refractivity contribution in [2.24, 2.45) is 0 Å². The van der Waals surface area contributed by atoms with E-state index in [0.717, 1.165) is 41.6 Å². The monoisotopic (exact) mass is 392 g/mol. The van der Waals surface area contributed by atoms with Gasteiger partial charge in [-0.3, -0.25) is 4.79 Å². The van der Waals surface area contributed by atoms with Crippen molar-refractivity contribution in [1.29, 1.82) is 0 Å². The highest BCUT2D eigenvalue weighted by Gasteiger charge is 2.23. The lowest BCUT2D eigenvalue weighted by Gasteiger charge is -2.29. The molecule has 1 heterocycles. The van der Waals surface area contributed by atoms with Crippen LogP contribution in [-0.4, -0.2) is 42.4 Å². The first-order valence-electron chi connectivity index (χ1n) is 9.62. The number of benzene rings is 1. The SMILES string of the molecule is CCOc1nc2ccc(OC3CCC(OC[C@H](C)NC(C)=O)CC3)cc2s1. The second-order valence-corrected chi connectivity index (χ2v) is 7.99. The van der Waals surface area contributed by atoms with Crippen molar-refractivity contribution in [3.05, 3.63) is 18.2 Å². The number of carbonyl (C=O) groups is 1. The lowest BCUT2D eigenvalue weighted by molar-refractivity contribution is -0.120. The first-order valence-corrected chi connectivity index (χ1v) is 10.4. The molecule has 1 N–H and O–H groups in total. The molecule has 0 unspecified atom stereocenters. The zero-order valence-electron chi connectivity index (χ0n) is 16.2. The molecule has 7 heteroatoms. The highest BCUT2D eigenvalue weighted by atomic mass is 32.1. The molecule has 1 amide bonds. The number of hydrogen-bond donors (Lipinski definition) is 1. The molecule has 1 aromatic heterocycles. The second-order valence-electron chi connectivity index (χ2n) is 6.99. The molecule has 1 atom stereocenters. The first-order chi connectivity index (χ1) is 13.0. The smallest absolute Gasteiger partial charge is 0.274 e. The summed E-state index contributed by atoms with van der Waals surface area (Å²) in [5, 5.41) is 3.55. The summed E-state index contributed by atoms with van der Waals surface area (Å²) in [4.78, 5) is 15.5. The predicted molar refractivity (Wildman–Crippen MR) is 107 cm³/mol. The van der Waals surface area contributed by atoms with E-state index in [4.69, 9.17) is 14.2 Å². The highest BCUT2D eigenvalue weighted by Crippen LogP contribution is 2.32. The van der Waals surface area contributed by atoms with Crippen molar-refractivity contribution in [3.63, 3.8) is 0 Å². The normalized spacial score (nSPS) is 21.0. The molecule has 27 heavy (non-hydrogen) atoms. The summed E-state index contributed by atoms with van der Waals surface area (Å²) in [6.07, 6.45) is 4.38.